The molecular weight excluding hydrogens is 334 g/mol. The molecule has 0 aliphatic rings. The Hall–Kier alpha value is -3.40. The maximum absolute atomic E-state index is 13.1. The standard InChI is InChI=1S/C23H21N3O/c1-15-7-6-10-19(16(15)2)23(27)26-22(17-8-4-3-5-9-17)18-11-12-20-21(13-18)25-14-24-20/h3-14,22H,1-2H3,(H,24,25)(H,26,27). The molecule has 0 bridgehead atoms. The van der Waals surface area contributed by atoms with Crippen molar-refractivity contribution in [1.82, 2.24) is 15.3 Å². The Balaban J connectivity index is 1.74. The number of benzene rings is 3. The summed E-state index contributed by atoms with van der Waals surface area (Å²) in [6, 6.07) is 21.6. The highest BCUT2D eigenvalue weighted by atomic mass is 16.1. The van der Waals surface area contributed by atoms with Crippen molar-refractivity contribution in [2.75, 3.05) is 0 Å². The second kappa shape index (κ2) is 7.08. The number of H-pyrrole nitrogens is 1. The Morgan fingerprint density at radius 1 is 0.963 bits per heavy atom. The van der Waals surface area contributed by atoms with Crippen LogP contribution in [0.3, 0.4) is 0 Å². The van der Waals surface area contributed by atoms with Crippen molar-refractivity contribution in [3.05, 3.63) is 101 Å². The minimum Gasteiger partial charge on any atom is -0.345 e. The average molecular weight is 355 g/mol. The van der Waals surface area contributed by atoms with E-state index in [0.29, 0.717) is 5.56 Å². The van der Waals surface area contributed by atoms with Crippen LogP contribution in [0.5, 0.6) is 0 Å². The molecule has 0 aliphatic carbocycles. The summed E-state index contributed by atoms with van der Waals surface area (Å²) in [5, 5.41) is 3.22. The molecule has 1 atom stereocenters. The summed E-state index contributed by atoms with van der Waals surface area (Å²) in [4.78, 5) is 20.5. The quantitative estimate of drug-likeness (QED) is 0.557. The zero-order valence-corrected chi connectivity index (χ0v) is 15.4. The predicted molar refractivity (Wildman–Crippen MR) is 108 cm³/mol. The van der Waals surface area contributed by atoms with Crippen LogP contribution in [-0.2, 0) is 0 Å². The van der Waals surface area contributed by atoms with Crippen LogP contribution >= 0.6 is 0 Å². The van der Waals surface area contributed by atoms with Gasteiger partial charge in [0.05, 0.1) is 23.4 Å². The van der Waals surface area contributed by atoms with Crippen LogP contribution in [0, 0.1) is 13.8 Å². The highest BCUT2D eigenvalue weighted by Gasteiger charge is 2.19. The Kier molecular flexibility index (Phi) is 4.47. The van der Waals surface area contributed by atoms with Gasteiger partial charge in [-0.05, 0) is 54.3 Å². The van der Waals surface area contributed by atoms with Gasteiger partial charge in [-0.25, -0.2) is 4.98 Å². The zero-order valence-electron chi connectivity index (χ0n) is 15.4. The summed E-state index contributed by atoms with van der Waals surface area (Å²) < 4.78 is 0. The number of carbonyl (C=O) groups excluding carboxylic acids is 1. The molecule has 0 saturated heterocycles. The topological polar surface area (TPSA) is 57.8 Å². The van der Waals surface area contributed by atoms with Crippen LogP contribution < -0.4 is 5.32 Å². The molecule has 3 aromatic carbocycles. The zero-order chi connectivity index (χ0) is 18.8. The fourth-order valence-electron chi connectivity index (χ4n) is 3.34. The molecule has 2 N–H and O–H groups in total. The lowest BCUT2D eigenvalue weighted by molar-refractivity contribution is 0.0942. The van der Waals surface area contributed by atoms with E-state index in [2.05, 4.69) is 15.3 Å². The Bertz CT molecular complexity index is 1100. The molecule has 4 rings (SSSR count). The van der Waals surface area contributed by atoms with Gasteiger partial charge in [0.2, 0.25) is 0 Å². The summed E-state index contributed by atoms with van der Waals surface area (Å²) in [5.74, 6) is -0.0743. The van der Waals surface area contributed by atoms with Crippen molar-refractivity contribution in [2.24, 2.45) is 0 Å². The summed E-state index contributed by atoms with van der Waals surface area (Å²) in [6.45, 7) is 4.01. The Morgan fingerprint density at radius 3 is 2.59 bits per heavy atom. The normalized spacial score (nSPS) is 12.1. The van der Waals surface area contributed by atoms with Crippen LogP contribution in [0.4, 0.5) is 0 Å². The van der Waals surface area contributed by atoms with E-state index in [4.69, 9.17) is 0 Å². The molecule has 27 heavy (non-hydrogen) atoms. The molecule has 0 radical (unpaired) electrons. The number of hydrogen-bond donors (Lipinski definition) is 2. The molecular formula is C23H21N3O. The van der Waals surface area contributed by atoms with Gasteiger partial charge in [0.25, 0.3) is 5.91 Å². The largest absolute Gasteiger partial charge is 0.345 e. The van der Waals surface area contributed by atoms with Crippen molar-refractivity contribution in [3.63, 3.8) is 0 Å². The molecule has 0 spiro atoms. The van der Waals surface area contributed by atoms with Crippen LogP contribution in [0.1, 0.15) is 38.7 Å². The number of imidazole rings is 1. The first-order valence-electron chi connectivity index (χ1n) is 8.98. The van der Waals surface area contributed by atoms with Gasteiger partial charge in [0.15, 0.2) is 0 Å². The minimum atomic E-state index is -0.244. The third-order valence-electron chi connectivity index (χ3n) is 5.04. The summed E-state index contributed by atoms with van der Waals surface area (Å²) in [5.41, 5.74) is 6.73. The van der Waals surface area contributed by atoms with Crippen molar-refractivity contribution in [2.45, 2.75) is 19.9 Å². The van der Waals surface area contributed by atoms with Gasteiger partial charge >= 0.3 is 0 Å². The van der Waals surface area contributed by atoms with Gasteiger partial charge in [-0.15, -0.1) is 0 Å². The van der Waals surface area contributed by atoms with Gasteiger partial charge < -0.3 is 10.3 Å². The number of amides is 1. The van der Waals surface area contributed by atoms with Crippen LogP contribution in [0.2, 0.25) is 0 Å². The first kappa shape index (κ1) is 17.0. The van der Waals surface area contributed by atoms with Gasteiger partial charge in [-0.1, -0.05) is 48.5 Å². The highest BCUT2D eigenvalue weighted by Crippen LogP contribution is 2.25. The molecule has 0 saturated carbocycles. The van der Waals surface area contributed by atoms with E-state index in [-0.39, 0.29) is 11.9 Å². The lowest BCUT2D eigenvalue weighted by atomic mass is 9.97. The molecule has 0 fully saturated rings. The predicted octanol–water partition coefficient (Wildman–Crippen LogP) is 4.70. The third-order valence-corrected chi connectivity index (χ3v) is 5.04. The second-order valence-corrected chi connectivity index (χ2v) is 6.74. The number of rotatable bonds is 4. The third kappa shape index (κ3) is 3.34. The lowest BCUT2D eigenvalue weighted by Crippen LogP contribution is -2.30. The van der Waals surface area contributed by atoms with Crippen molar-refractivity contribution in [3.8, 4) is 0 Å². The van der Waals surface area contributed by atoms with Gasteiger partial charge in [-0.3, -0.25) is 4.79 Å². The number of fused-ring (bicyclic) bond motifs is 1. The lowest BCUT2D eigenvalue weighted by Gasteiger charge is -2.21. The van der Waals surface area contributed by atoms with Crippen LogP contribution in [0.25, 0.3) is 11.0 Å². The fourth-order valence-corrected chi connectivity index (χ4v) is 3.34. The maximum atomic E-state index is 13.1. The molecule has 1 heterocycles. The van der Waals surface area contributed by atoms with E-state index >= 15 is 0 Å². The number of aromatic nitrogens is 2. The van der Waals surface area contributed by atoms with E-state index < -0.39 is 0 Å². The minimum absolute atomic E-state index is 0.0743. The van der Waals surface area contributed by atoms with E-state index in [1.807, 2.05) is 80.6 Å². The Labute approximate surface area is 158 Å². The molecule has 1 amide bonds. The highest BCUT2D eigenvalue weighted by molar-refractivity contribution is 5.96. The van der Waals surface area contributed by atoms with E-state index in [9.17, 15) is 4.79 Å². The first-order valence-corrected chi connectivity index (χ1v) is 8.98. The van der Waals surface area contributed by atoms with E-state index in [1.165, 1.54) is 0 Å². The molecule has 4 heteroatoms. The molecule has 1 unspecified atom stereocenters. The van der Waals surface area contributed by atoms with Crippen molar-refractivity contribution < 1.29 is 4.79 Å². The number of hydrogen-bond acceptors (Lipinski definition) is 2. The van der Waals surface area contributed by atoms with Gasteiger partial charge in [-0.2, -0.15) is 0 Å². The van der Waals surface area contributed by atoms with Crippen molar-refractivity contribution in [1.29, 1.82) is 0 Å². The summed E-state index contributed by atoms with van der Waals surface area (Å²) in [6.07, 6.45) is 1.68. The van der Waals surface area contributed by atoms with Crippen molar-refractivity contribution >= 4 is 16.9 Å². The first-order chi connectivity index (χ1) is 13.1. The average Bonchev–Trinajstić information content (AvgIpc) is 3.16. The Morgan fingerprint density at radius 2 is 1.78 bits per heavy atom. The van der Waals surface area contributed by atoms with Crippen LogP contribution in [-0.4, -0.2) is 15.9 Å². The molecule has 4 aromatic rings. The number of carbonyl (C=O) groups is 1. The summed E-state index contributed by atoms with van der Waals surface area (Å²) >= 11 is 0. The summed E-state index contributed by atoms with van der Waals surface area (Å²) in [7, 11) is 0. The number of aromatic amines is 1. The van der Waals surface area contributed by atoms with Gasteiger partial charge in [0.1, 0.15) is 0 Å². The molecule has 1 aromatic heterocycles. The van der Waals surface area contributed by atoms with Gasteiger partial charge in [0, 0.05) is 5.56 Å². The van der Waals surface area contributed by atoms with Crippen LogP contribution in [0.15, 0.2) is 73.1 Å². The number of nitrogens with zero attached hydrogens (tertiary/aromatic N) is 1. The fraction of sp³-hybridized carbons (Fsp3) is 0.130. The van der Waals surface area contributed by atoms with E-state index in [0.717, 1.165) is 33.3 Å². The SMILES string of the molecule is Cc1cccc(C(=O)NC(c2ccccc2)c2ccc3nc[nH]c3c2)c1C. The smallest absolute Gasteiger partial charge is 0.252 e. The molecule has 4 nitrogen and oxygen atoms in total. The second-order valence-electron chi connectivity index (χ2n) is 6.74. The maximum Gasteiger partial charge on any atom is 0.252 e. The molecule has 0 aliphatic heterocycles. The molecule has 134 valence electrons. The monoisotopic (exact) mass is 355 g/mol. The van der Waals surface area contributed by atoms with E-state index in [1.54, 1.807) is 6.33 Å². The number of nitrogens with one attached hydrogen (secondary N) is 2. The number of aryl methyl sites for hydroxylation is 1.